The second-order valence-corrected chi connectivity index (χ2v) is 5.58. The van der Waals surface area contributed by atoms with Gasteiger partial charge in [0.1, 0.15) is 0 Å². The van der Waals surface area contributed by atoms with Crippen LogP contribution in [0.2, 0.25) is 0 Å². The zero-order chi connectivity index (χ0) is 12.8. The van der Waals surface area contributed by atoms with E-state index in [0.29, 0.717) is 19.1 Å². The number of nitrogens with one attached hydrogen (secondary N) is 1. The monoisotopic (exact) mass is 254 g/mol. The minimum atomic E-state index is 0.208. The van der Waals surface area contributed by atoms with Gasteiger partial charge in [0.05, 0.1) is 13.2 Å². The Kier molecular flexibility index (Phi) is 5.45. The molecule has 2 aliphatic rings. The van der Waals surface area contributed by atoms with Crippen LogP contribution in [0, 0.1) is 0 Å². The van der Waals surface area contributed by atoms with Crippen molar-refractivity contribution in [1.82, 2.24) is 10.2 Å². The van der Waals surface area contributed by atoms with Crippen LogP contribution in [0.15, 0.2) is 0 Å². The molecule has 0 radical (unpaired) electrons. The number of morpholine rings is 1. The molecule has 1 unspecified atom stereocenters. The first kappa shape index (κ1) is 13.8. The topological polar surface area (TPSA) is 41.6 Å². The summed E-state index contributed by atoms with van der Waals surface area (Å²) in [6.45, 7) is 2.30. The molecule has 1 saturated heterocycles. The SMILES string of the molecule is CN(C(=O)CC1COCCN1)C1CCCCCC1. The van der Waals surface area contributed by atoms with Gasteiger partial charge in [-0.2, -0.15) is 0 Å². The van der Waals surface area contributed by atoms with Gasteiger partial charge in [-0.05, 0) is 12.8 Å². The van der Waals surface area contributed by atoms with Gasteiger partial charge in [-0.25, -0.2) is 0 Å². The number of nitrogens with zero attached hydrogens (tertiary/aromatic N) is 1. The van der Waals surface area contributed by atoms with Gasteiger partial charge in [-0.3, -0.25) is 4.79 Å². The van der Waals surface area contributed by atoms with E-state index in [1.807, 2.05) is 11.9 Å². The highest BCUT2D eigenvalue weighted by atomic mass is 16.5. The number of ether oxygens (including phenoxy) is 1. The zero-order valence-electron chi connectivity index (χ0n) is 11.5. The molecular weight excluding hydrogens is 228 g/mol. The molecule has 104 valence electrons. The molecule has 0 aromatic carbocycles. The summed E-state index contributed by atoms with van der Waals surface area (Å²) in [4.78, 5) is 14.2. The number of hydrogen-bond acceptors (Lipinski definition) is 3. The molecule has 2 fully saturated rings. The van der Waals surface area contributed by atoms with Gasteiger partial charge in [0.15, 0.2) is 0 Å². The predicted octanol–water partition coefficient (Wildman–Crippen LogP) is 1.55. The molecular formula is C14H26N2O2. The summed E-state index contributed by atoms with van der Waals surface area (Å²) in [5.74, 6) is 0.268. The molecule has 0 aromatic rings. The van der Waals surface area contributed by atoms with Crippen LogP contribution in [0.1, 0.15) is 44.9 Å². The Morgan fingerprint density at radius 2 is 2.00 bits per heavy atom. The van der Waals surface area contributed by atoms with Gasteiger partial charge in [0.25, 0.3) is 0 Å². The first-order chi connectivity index (χ1) is 8.77. The van der Waals surface area contributed by atoms with Crippen LogP contribution in [-0.4, -0.2) is 49.7 Å². The fourth-order valence-electron chi connectivity index (χ4n) is 2.95. The third kappa shape index (κ3) is 3.95. The Morgan fingerprint density at radius 3 is 2.61 bits per heavy atom. The molecule has 0 bridgehead atoms. The first-order valence-electron chi connectivity index (χ1n) is 7.34. The van der Waals surface area contributed by atoms with Crippen molar-refractivity contribution in [2.24, 2.45) is 0 Å². The van der Waals surface area contributed by atoms with E-state index in [-0.39, 0.29) is 11.9 Å². The summed E-state index contributed by atoms with van der Waals surface area (Å²) >= 11 is 0. The molecule has 1 atom stereocenters. The molecule has 1 N–H and O–H groups in total. The Bertz CT molecular complexity index is 257. The lowest BCUT2D eigenvalue weighted by Gasteiger charge is -2.30. The van der Waals surface area contributed by atoms with Gasteiger partial charge in [0.2, 0.25) is 5.91 Å². The molecule has 18 heavy (non-hydrogen) atoms. The quantitative estimate of drug-likeness (QED) is 0.777. The highest BCUT2D eigenvalue weighted by Crippen LogP contribution is 2.21. The van der Waals surface area contributed by atoms with Crippen LogP contribution in [0.3, 0.4) is 0 Å². The highest BCUT2D eigenvalue weighted by Gasteiger charge is 2.24. The van der Waals surface area contributed by atoms with Gasteiger partial charge in [0, 0.05) is 32.1 Å². The summed E-state index contributed by atoms with van der Waals surface area (Å²) in [5.41, 5.74) is 0. The van der Waals surface area contributed by atoms with Crippen LogP contribution in [-0.2, 0) is 9.53 Å². The summed E-state index contributed by atoms with van der Waals surface area (Å²) in [7, 11) is 1.97. The Labute approximate surface area is 110 Å². The van der Waals surface area contributed by atoms with Crippen molar-refractivity contribution in [3.05, 3.63) is 0 Å². The largest absolute Gasteiger partial charge is 0.378 e. The summed E-state index contributed by atoms with van der Waals surface area (Å²) in [6, 6.07) is 0.670. The smallest absolute Gasteiger partial charge is 0.224 e. The van der Waals surface area contributed by atoms with Gasteiger partial charge in [-0.1, -0.05) is 25.7 Å². The average molecular weight is 254 g/mol. The standard InChI is InChI=1S/C14H26N2O2/c1-16(13-6-4-2-3-5-7-13)14(17)10-12-11-18-9-8-15-12/h12-13,15H,2-11H2,1H3. The number of rotatable bonds is 3. The van der Waals surface area contributed by atoms with Crippen molar-refractivity contribution >= 4 is 5.91 Å². The molecule has 1 saturated carbocycles. The fraction of sp³-hybridized carbons (Fsp3) is 0.929. The lowest BCUT2D eigenvalue weighted by Crippen LogP contribution is -2.46. The summed E-state index contributed by atoms with van der Waals surface area (Å²) in [6.07, 6.45) is 8.13. The molecule has 1 amide bonds. The van der Waals surface area contributed by atoms with Crippen LogP contribution >= 0.6 is 0 Å². The van der Waals surface area contributed by atoms with Crippen molar-refractivity contribution in [3.8, 4) is 0 Å². The van der Waals surface area contributed by atoms with Crippen LogP contribution in [0.25, 0.3) is 0 Å². The Hall–Kier alpha value is -0.610. The second-order valence-electron chi connectivity index (χ2n) is 5.58. The minimum Gasteiger partial charge on any atom is -0.378 e. The van der Waals surface area contributed by atoms with Gasteiger partial charge < -0.3 is 15.0 Å². The molecule has 2 rings (SSSR count). The molecule has 0 spiro atoms. The average Bonchev–Trinajstić information content (AvgIpc) is 2.68. The lowest BCUT2D eigenvalue weighted by atomic mass is 10.1. The third-order valence-electron chi connectivity index (χ3n) is 4.19. The van der Waals surface area contributed by atoms with Crippen molar-refractivity contribution in [1.29, 1.82) is 0 Å². The first-order valence-corrected chi connectivity index (χ1v) is 7.34. The molecule has 1 aliphatic heterocycles. The van der Waals surface area contributed by atoms with Crippen molar-refractivity contribution in [2.75, 3.05) is 26.8 Å². The number of amides is 1. The number of carbonyl (C=O) groups is 1. The van der Waals surface area contributed by atoms with Gasteiger partial charge in [-0.15, -0.1) is 0 Å². The second kappa shape index (κ2) is 7.10. The maximum Gasteiger partial charge on any atom is 0.224 e. The maximum absolute atomic E-state index is 12.3. The van der Waals surface area contributed by atoms with Crippen molar-refractivity contribution in [3.63, 3.8) is 0 Å². The summed E-state index contributed by atoms with van der Waals surface area (Å²) < 4.78 is 5.39. The fourth-order valence-corrected chi connectivity index (χ4v) is 2.95. The van der Waals surface area contributed by atoms with E-state index in [1.54, 1.807) is 0 Å². The Morgan fingerprint density at radius 1 is 1.28 bits per heavy atom. The molecule has 4 nitrogen and oxygen atoms in total. The molecule has 1 aliphatic carbocycles. The minimum absolute atomic E-state index is 0.208. The Balaban J connectivity index is 1.79. The number of carbonyl (C=O) groups excluding carboxylic acids is 1. The lowest BCUT2D eigenvalue weighted by molar-refractivity contribution is -0.133. The predicted molar refractivity (Wildman–Crippen MR) is 71.5 cm³/mol. The van der Waals surface area contributed by atoms with Crippen molar-refractivity contribution in [2.45, 2.75) is 57.0 Å². The third-order valence-corrected chi connectivity index (χ3v) is 4.19. The maximum atomic E-state index is 12.3. The van der Waals surface area contributed by atoms with E-state index in [9.17, 15) is 4.79 Å². The van der Waals surface area contributed by atoms with Crippen LogP contribution in [0.4, 0.5) is 0 Å². The van der Waals surface area contributed by atoms with Crippen LogP contribution < -0.4 is 5.32 Å². The van der Waals surface area contributed by atoms with Crippen molar-refractivity contribution < 1.29 is 9.53 Å². The number of hydrogen-bond donors (Lipinski definition) is 1. The normalized spacial score (nSPS) is 26.6. The zero-order valence-corrected chi connectivity index (χ0v) is 11.5. The van der Waals surface area contributed by atoms with E-state index in [2.05, 4.69) is 5.32 Å². The van der Waals surface area contributed by atoms with E-state index in [4.69, 9.17) is 4.74 Å². The highest BCUT2D eigenvalue weighted by molar-refractivity contribution is 5.76. The van der Waals surface area contributed by atoms with Gasteiger partial charge >= 0.3 is 0 Å². The molecule has 0 aromatic heterocycles. The van der Waals surface area contributed by atoms with Crippen LogP contribution in [0.5, 0.6) is 0 Å². The van der Waals surface area contributed by atoms with E-state index in [0.717, 1.165) is 13.2 Å². The molecule has 4 heteroatoms. The van der Waals surface area contributed by atoms with E-state index in [1.165, 1.54) is 38.5 Å². The van der Waals surface area contributed by atoms with E-state index < -0.39 is 0 Å². The summed E-state index contributed by atoms with van der Waals surface area (Å²) in [5, 5.41) is 3.35. The molecule has 1 heterocycles. The van der Waals surface area contributed by atoms with E-state index >= 15 is 0 Å².